The van der Waals surface area contributed by atoms with Crippen molar-refractivity contribution in [2.24, 2.45) is 0 Å². The molecule has 27 heavy (non-hydrogen) atoms. The highest BCUT2D eigenvalue weighted by Crippen LogP contribution is 2.42. The summed E-state index contributed by atoms with van der Waals surface area (Å²) in [6, 6.07) is 7.24. The third kappa shape index (κ3) is 8.91. The Morgan fingerprint density at radius 2 is 1.59 bits per heavy atom. The van der Waals surface area contributed by atoms with Gasteiger partial charge in [-0.05, 0) is 19.1 Å². The number of hydrogen-bond acceptors (Lipinski definition) is 5. The predicted molar refractivity (Wildman–Crippen MR) is 91.6 cm³/mol. The van der Waals surface area contributed by atoms with Gasteiger partial charge >= 0.3 is 12.4 Å². The van der Waals surface area contributed by atoms with Gasteiger partial charge in [0.05, 0.1) is 0 Å². The molecule has 1 aromatic carbocycles. The number of hydrazine groups is 1. The molecule has 154 valence electrons. The van der Waals surface area contributed by atoms with Crippen molar-refractivity contribution in [3.8, 4) is 0 Å². The Balaban J connectivity index is 0. The van der Waals surface area contributed by atoms with Crippen LogP contribution in [0.3, 0.4) is 0 Å². The van der Waals surface area contributed by atoms with Gasteiger partial charge in [0.1, 0.15) is 18.9 Å². The van der Waals surface area contributed by atoms with E-state index in [1.165, 1.54) is 12.4 Å². The van der Waals surface area contributed by atoms with E-state index >= 15 is 0 Å². The zero-order valence-corrected chi connectivity index (χ0v) is 15.8. The number of halogens is 7. The number of aldehydes is 1. The van der Waals surface area contributed by atoms with Gasteiger partial charge in [0.15, 0.2) is 0 Å². The van der Waals surface area contributed by atoms with Crippen LogP contribution in [0.25, 0.3) is 0 Å². The lowest BCUT2D eigenvalue weighted by atomic mass is 10.0. The summed E-state index contributed by atoms with van der Waals surface area (Å²) in [6.45, 7) is 4.97. The molecule has 0 amide bonds. The standard InChI is InChI=1S/C7H5BrO.C7H11F6N3.CH2O/c8-7-3-1-2-6(4-7)5-9;1-4(16-14-3)15-5(2,6(8,9)10)7(11,12)13;1-2/h1-5H;14-16H,1H2,2-3H3;1H2. The van der Waals surface area contributed by atoms with E-state index in [1.807, 2.05) is 24.3 Å². The Kier molecular flexibility index (Phi) is 11.7. The van der Waals surface area contributed by atoms with E-state index < -0.39 is 23.7 Å². The molecule has 0 saturated heterocycles. The third-order valence-electron chi connectivity index (χ3n) is 2.80. The van der Waals surface area contributed by atoms with E-state index in [4.69, 9.17) is 4.79 Å². The molecule has 0 aliphatic rings. The van der Waals surface area contributed by atoms with Crippen LogP contribution < -0.4 is 16.2 Å². The zero-order chi connectivity index (χ0) is 21.9. The van der Waals surface area contributed by atoms with Gasteiger partial charge in [-0.3, -0.25) is 4.79 Å². The second kappa shape index (κ2) is 11.6. The van der Waals surface area contributed by atoms with Gasteiger partial charge < -0.3 is 15.5 Å². The van der Waals surface area contributed by atoms with E-state index in [1.54, 1.807) is 12.1 Å². The van der Waals surface area contributed by atoms with E-state index in [0.29, 0.717) is 5.56 Å². The summed E-state index contributed by atoms with van der Waals surface area (Å²) in [6.07, 6.45) is -10.2. The largest absolute Gasteiger partial charge is 0.420 e. The molecule has 0 unspecified atom stereocenters. The molecule has 3 N–H and O–H groups in total. The minimum atomic E-state index is -5.50. The van der Waals surface area contributed by atoms with Gasteiger partial charge in [-0.2, -0.15) is 26.3 Å². The first kappa shape index (κ1) is 27.1. The lowest BCUT2D eigenvalue weighted by Crippen LogP contribution is -2.65. The Labute approximate surface area is 160 Å². The van der Waals surface area contributed by atoms with Crippen molar-refractivity contribution in [1.82, 2.24) is 16.2 Å². The summed E-state index contributed by atoms with van der Waals surface area (Å²) in [7, 11) is 1.27. The van der Waals surface area contributed by atoms with Gasteiger partial charge in [-0.1, -0.05) is 34.6 Å². The topological polar surface area (TPSA) is 70.2 Å². The highest BCUT2D eigenvalue weighted by Gasteiger charge is 2.68. The summed E-state index contributed by atoms with van der Waals surface area (Å²) in [4.78, 5) is 18.1. The Morgan fingerprint density at radius 3 is 1.89 bits per heavy atom. The molecule has 1 aromatic rings. The molecule has 0 aliphatic carbocycles. The molecule has 12 heteroatoms. The molecule has 0 radical (unpaired) electrons. The highest BCUT2D eigenvalue weighted by atomic mass is 79.9. The van der Waals surface area contributed by atoms with Gasteiger partial charge in [-0.15, -0.1) is 0 Å². The number of nitrogens with one attached hydrogen (secondary N) is 3. The first-order valence-electron chi connectivity index (χ1n) is 6.81. The van der Waals surface area contributed by atoms with E-state index in [-0.39, 0.29) is 6.92 Å². The summed E-state index contributed by atoms with van der Waals surface area (Å²) >= 11 is 3.24. The second-order valence-electron chi connectivity index (χ2n) is 4.77. The van der Waals surface area contributed by atoms with Gasteiger partial charge in [0.25, 0.3) is 0 Å². The predicted octanol–water partition coefficient (Wildman–Crippen LogP) is 3.73. The normalized spacial score (nSPS) is 11.1. The molecule has 0 atom stereocenters. The fourth-order valence-electron chi connectivity index (χ4n) is 1.37. The molecule has 0 bridgehead atoms. The van der Waals surface area contributed by atoms with Crippen LogP contribution in [0.1, 0.15) is 17.3 Å². The van der Waals surface area contributed by atoms with Crippen LogP contribution in [-0.2, 0) is 4.79 Å². The summed E-state index contributed by atoms with van der Waals surface area (Å²) < 4.78 is 74.9. The van der Waals surface area contributed by atoms with Crippen molar-refractivity contribution in [2.75, 3.05) is 7.05 Å². The van der Waals surface area contributed by atoms with E-state index in [0.717, 1.165) is 10.8 Å². The fourth-order valence-corrected chi connectivity index (χ4v) is 1.78. The van der Waals surface area contributed by atoms with Crippen LogP contribution in [0, 0.1) is 0 Å². The maximum Gasteiger partial charge on any atom is 0.420 e. The van der Waals surface area contributed by atoms with Crippen molar-refractivity contribution < 1.29 is 35.9 Å². The molecule has 0 spiro atoms. The number of rotatable bonds is 5. The van der Waals surface area contributed by atoms with Crippen LogP contribution in [0.2, 0.25) is 0 Å². The molecule has 0 aliphatic heterocycles. The number of carbonyl (C=O) groups excluding carboxylic acids is 2. The smallest absolute Gasteiger partial charge is 0.350 e. The molecule has 1 rings (SSSR count). The number of alkyl halides is 6. The van der Waals surface area contributed by atoms with Crippen LogP contribution in [0.4, 0.5) is 26.3 Å². The highest BCUT2D eigenvalue weighted by molar-refractivity contribution is 9.10. The molecule has 5 nitrogen and oxygen atoms in total. The fraction of sp³-hybridized carbons (Fsp3) is 0.333. The Bertz CT molecular complexity index is 594. The number of hydrogen-bond donors (Lipinski definition) is 3. The summed E-state index contributed by atoms with van der Waals surface area (Å²) in [5.74, 6) is -0.639. The van der Waals surface area contributed by atoms with Crippen LogP contribution in [0.5, 0.6) is 0 Å². The molecule has 0 aromatic heterocycles. The minimum Gasteiger partial charge on any atom is -0.350 e. The Hall–Kier alpha value is -2.08. The monoisotopic (exact) mass is 465 g/mol. The van der Waals surface area contributed by atoms with Crippen LogP contribution in [-0.4, -0.2) is 38.0 Å². The SMILES string of the molecule is C=C(NNC)NC(C)(C(F)(F)F)C(F)(F)F.C=O.O=Cc1cccc(Br)c1. The van der Waals surface area contributed by atoms with Crippen LogP contribution >= 0.6 is 15.9 Å². The zero-order valence-electron chi connectivity index (χ0n) is 14.3. The maximum absolute atomic E-state index is 12.3. The minimum absolute atomic E-state index is 0.00444. The summed E-state index contributed by atoms with van der Waals surface area (Å²) in [5.41, 5.74) is 0.780. The Morgan fingerprint density at radius 1 is 1.11 bits per heavy atom. The molecule has 0 fully saturated rings. The number of carbonyl (C=O) groups is 2. The van der Waals surface area contributed by atoms with E-state index in [2.05, 4.69) is 27.9 Å². The lowest BCUT2D eigenvalue weighted by Gasteiger charge is -2.35. The molecular formula is C15H18BrF6N3O2. The van der Waals surface area contributed by atoms with Gasteiger partial charge in [-0.25, -0.2) is 5.43 Å². The first-order chi connectivity index (χ1) is 12.3. The van der Waals surface area contributed by atoms with Gasteiger partial charge in [0.2, 0.25) is 5.54 Å². The van der Waals surface area contributed by atoms with Crippen molar-refractivity contribution in [2.45, 2.75) is 24.8 Å². The first-order valence-corrected chi connectivity index (χ1v) is 7.60. The number of benzene rings is 1. The van der Waals surface area contributed by atoms with Crippen molar-refractivity contribution >= 4 is 29.0 Å². The quantitative estimate of drug-likeness (QED) is 0.351. The van der Waals surface area contributed by atoms with Crippen molar-refractivity contribution in [3.05, 3.63) is 46.7 Å². The maximum atomic E-state index is 12.3. The summed E-state index contributed by atoms with van der Waals surface area (Å²) in [5, 5.41) is 1.26. The van der Waals surface area contributed by atoms with Gasteiger partial charge in [0, 0.05) is 17.1 Å². The molecule has 0 saturated carbocycles. The molecular weight excluding hydrogens is 448 g/mol. The average Bonchev–Trinajstić information content (AvgIpc) is 2.55. The van der Waals surface area contributed by atoms with Crippen molar-refractivity contribution in [1.29, 1.82) is 0 Å². The lowest BCUT2D eigenvalue weighted by molar-refractivity contribution is -0.299. The molecule has 0 heterocycles. The third-order valence-corrected chi connectivity index (χ3v) is 3.29. The second-order valence-corrected chi connectivity index (χ2v) is 5.69. The van der Waals surface area contributed by atoms with Crippen molar-refractivity contribution in [3.63, 3.8) is 0 Å². The average molecular weight is 466 g/mol. The van der Waals surface area contributed by atoms with E-state index in [9.17, 15) is 31.1 Å². The van der Waals surface area contributed by atoms with Crippen LogP contribution in [0.15, 0.2) is 41.1 Å².